The zero-order valence-corrected chi connectivity index (χ0v) is 10.6. The summed E-state index contributed by atoms with van der Waals surface area (Å²) in [4.78, 5) is 7.30. The number of halogens is 1. The quantitative estimate of drug-likeness (QED) is 0.935. The van der Waals surface area contributed by atoms with Gasteiger partial charge in [-0.2, -0.15) is 0 Å². The maximum absolute atomic E-state index is 5.15. The Morgan fingerprint density at radius 2 is 2.25 bits per heavy atom. The minimum Gasteiger partial charge on any atom is -0.497 e. The first kappa shape index (κ1) is 11.2. The molecule has 0 aliphatic rings. The van der Waals surface area contributed by atoms with Crippen LogP contribution in [0.25, 0.3) is 0 Å². The number of aryl methyl sites for hydroxylation is 2. The predicted octanol–water partition coefficient (Wildman–Crippen LogP) is 2.97. The van der Waals surface area contributed by atoms with E-state index >= 15 is 0 Å². The molecule has 1 N–H and O–H groups in total. The summed E-state index contributed by atoms with van der Waals surface area (Å²) in [5.74, 6) is 1.89. The van der Waals surface area contributed by atoms with Crippen molar-refractivity contribution in [1.29, 1.82) is 0 Å². The van der Waals surface area contributed by atoms with Crippen LogP contribution in [0, 0.1) is 0 Å². The minimum absolute atomic E-state index is 0.869. The molecule has 84 valence electrons. The fourth-order valence-electron chi connectivity index (χ4n) is 1.55. The first-order chi connectivity index (χ1) is 7.79. The molecule has 0 saturated carbocycles. The van der Waals surface area contributed by atoms with E-state index in [9.17, 15) is 0 Å². The molecule has 3 nitrogen and oxygen atoms in total. The van der Waals surface area contributed by atoms with Crippen molar-refractivity contribution in [2.75, 3.05) is 7.11 Å². The highest BCUT2D eigenvalue weighted by Crippen LogP contribution is 2.23. The lowest BCUT2D eigenvalue weighted by molar-refractivity contribution is 0.414. The number of methoxy groups -OCH3 is 1. The largest absolute Gasteiger partial charge is 0.497 e. The fourth-order valence-corrected chi connectivity index (χ4v) is 2.10. The van der Waals surface area contributed by atoms with Crippen LogP contribution in [0.2, 0.25) is 0 Å². The van der Waals surface area contributed by atoms with Gasteiger partial charge in [-0.1, -0.05) is 22.0 Å². The van der Waals surface area contributed by atoms with Crippen molar-refractivity contribution < 1.29 is 4.74 Å². The third-order valence-corrected chi connectivity index (χ3v) is 3.18. The van der Waals surface area contributed by atoms with Gasteiger partial charge in [-0.15, -0.1) is 0 Å². The van der Waals surface area contributed by atoms with Crippen LogP contribution >= 0.6 is 15.9 Å². The average Bonchev–Trinajstić information content (AvgIpc) is 2.80. The number of ether oxygens (including phenoxy) is 1. The molecule has 0 spiro atoms. The van der Waals surface area contributed by atoms with Gasteiger partial charge in [0.1, 0.15) is 11.6 Å². The lowest BCUT2D eigenvalue weighted by Crippen LogP contribution is -1.95. The molecular formula is C12H13BrN2O. The maximum Gasteiger partial charge on any atom is 0.120 e. The standard InChI is InChI=1S/C12H13BrN2O/c1-16-10-4-2-9(11(13)8-10)3-5-12-14-6-7-15-12/h2,4,6-8H,3,5H2,1H3,(H,14,15). The van der Waals surface area contributed by atoms with E-state index in [4.69, 9.17) is 4.74 Å². The number of aromatic amines is 1. The van der Waals surface area contributed by atoms with Gasteiger partial charge in [0.2, 0.25) is 0 Å². The molecule has 0 unspecified atom stereocenters. The smallest absolute Gasteiger partial charge is 0.120 e. The van der Waals surface area contributed by atoms with Crippen LogP contribution in [0.5, 0.6) is 5.75 Å². The van der Waals surface area contributed by atoms with Gasteiger partial charge in [0.25, 0.3) is 0 Å². The van der Waals surface area contributed by atoms with Crippen molar-refractivity contribution >= 4 is 15.9 Å². The summed E-state index contributed by atoms with van der Waals surface area (Å²) in [6.45, 7) is 0. The summed E-state index contributed by atoms with van der Waals surface area (Å²) in [6, 6.07) is 6.03. The third kappa shape index (κ3) is 2.64. The summed E-state index contributed by atoms with van der Waals surface area (Å²) >= 11 is 3.54. The van der Waals surface area contributed by atoms with Crippen LogP contribution in [0.4, 0.5) is 0 Å². The summed E-state index contributed by atoms with van der Waals surface area (Å²) in [7, 11) is 1.67. The number of nitrogens with zero attached hydrogens (tertiary/aromatic N) is 1. The zero-order valence-electron chi connectivity index (χ0n) is 9.03. The van der Waals surface area contributed by atoms with E-state index in [2.05, 4.69) is 32.0 Å². The second-order valence-electron chi connectivity index (χ2n) is 3.49. The first-order valence-corrected chi connectivity index (χ1v) is 5.89. The number of H-pyrrole nitrogens is 1. The number of hydrogen-bond acceptors (Lipinski definition) is 2. The van der Waals surface area contributed by atoms with E-state index in [1.807, 2.05) is 18.3 Å². The van der Waals surface area contributed by atoms with Crippen LogP contribution in [0.1, 0.15) is 11.4 Å². The highest BCUT2D eigenvalue weighted by Gasteiger charge is 2.03. The second kappa shape index (κ2) is 5.16. The fraction of sp³-hybridized carbons (Fsp3) is 0.250. The number of hydrogen-bond donors (Lipinski definition) is 1. The topological polar surface area (TPSA) is 37.9 Å². The van der Waals surface area contributed by atoms with E-state index in [1.165, 1.54) is 5.56 Å². The Balaban J connectivity index is 2.04. The maximum atomic E-state index is 5.15. The molecular weight excluding hydrogens is 268 g/mol. The number of aromatic nitrogens is 2. The van der Waals surface area contributed by atoms with Gasteiger partial charge < -0.3 is 9.72 Å². The van der Waals surface area contributed by atoms with Gasteiger partial charge in [0, 0.05) is 23.3 Å². The molecule has 1 aromatic heterocycles. The highest BCUT2D eigenvalue weighted by atomic mass is 79.9. The summed E-state index contributed by atoms with van der Waals surface area (Å²) in [5, 5.41) is 0. The molecule has 0 radical (unpaired) electrons. The van der Waals surface area contributed by atoms with Crippen LogP contribution in [0.15, 0.2) is 35.1 Å². The lowest BCUT2D eigenvalue weighted by atomic mass is 10.1. The SMILES string of the molecule is COc1ccc(CCc2ncc[nH]2)c(Br)c1. The molecule has 1 aromatic carbocycles. The Hall–Kier alpha value is -1.29. The van der Waals surface area contributed by atoms with Crippen LogP contribution in [0.3, 0.4) is 0 Å². The van der Waals surface area contributed by atoms with E-state index in [0.29, 0.717) is 0 Å². The third-order valence-electron chi connectivity index (χ3n) is 2.45. The van der Waals surface area contributed by atoms with Gasteiger partial charge >= 0.3 is 0 Å². The average molecular weight is 281 g/mol. The summed E-state index contributed by atoms with van der Waals surface area (Å²) in [5.41, 5.74) is 1.26. The number of rotatable bonds is 4. The number of imidazole rings is 1. The summed E-state index contributed by atoms with van der Waals surface area (Å²) < 4.78 is 6.23. The van der Waals surface area contributed by atoms with E-state index in [-0.39, 0.29) is 0 Å². The lowest BCUT2D eigenvalue weighted by Gasteiger charge is -2.05. The predicted molar refractivity (Wildman–Crippen MR) is 66.7 cm³/mol. The Bertz CT molecular complexity index is 454. The second-order valence-corrected chi connectivity index (χ2v) is 4.35. The van der Waals surface area contributed by atoms with Crippen molar-refractivity contribution in [2.45, 2.75) is 12.8 Å². The van der Waals surface area contributed by atoms with Gasteiger partial charge in [0.05, 0.1) is 7.11 Å². The Labute approximate surface area is 103 Å². The Morgan fingerprint density at radius 1 is 1.38 bits per heavy atom. The molecule has 0 bridgehead atoms. The molecule has 4 heteroatoms. The van der Waals surface area contributed by atoms with E-state index in [0.717, 1.165) is 28.9 Å². The monoisotopic (exact) mass is 280 g/mol. The summed E-state index contributed by atoms with van der Waals surface area (Å²) in [6.07, 6.45) is 5.49. The molecule has 16 heavy (non-hydrogen) atoms. The highest BCUT2D eigenvalue weighted by molar-refractivity contribution is 9.10. The Morgan fingerprint density at radius 3 is 2.88 bits per heavy atom. The van der Waals surface area contributed by atoms with Gasteiger partial charge in [-0.3, -0.25) is 0 Å². The van der Waals surface area contributed by atoms with Crippen molar-refractivity contribution in [3.05, 3.63) is 46.5 Å². The Kier molecular flexibility index (Phi) is 3.62. The van der Waals surface area contributed by atoms with Crippen LogP contribution < -0.4 is 4.74 Å². The van der Waals surface area contributed by atoms with Gasteiger partial charge in [-0.25, -0.2) is 4.98 Å². The molecule has 0 saturated heterocycles. The van der Waals surface area contributed by atoms with Crippen molar-refractivity contribution in [3.8, 4) is 5.75 Å². The van der Waals surface area contributed by atoms with E-state index < -0.39 is 0 Å². The molecule has 0 fully saturated rings. The van der Waals surface area contributed by atoms with Crippen molar-refractivity contribution in [2.24, 2.45) is 0 Å². The molecule has 0 aliphatic carbocycles. The molecule has 2 rings (SSSR count). The minimum atomic E-state index is 0.869. The normalized spacial score (nSPS) is 10.4. The van der Waals surface area contributed by atoms with Crippen LogP contribution in [-0.2, 0) is 12.8 Å². The van der Waals surface area contributed by atoms with Gasteiger partial charge in [-0.05, 0) is 24.1 Å². The molecule has 2 aromatic rings. The first-order valence-electron chi connectivity index (χ1n) is 5.10. The number of nitrogens with one attached hydrogen (secondary N) is 1. The van der Waals surface area contributed by atoms with Gasteiger partial charge in [0.15, 0.2) is 0 Å². The van der Waals surface area contributed by atoms with Crippen LogP contribution in [-0.4, -0.2) is 17.1 Å². The molecule has 0 aliphatic heterocycles. The molecule has 0 amide bonds. The van der Waals surface area contributed by atoms with E-state index in [1.54, 1.807) is 13.3 Å². The zero-order chi connectivity index (χ0) is 11.4. The van der Waals surface area contributed by atoms with Crippen molar-refractivity contribution in [1.82, 2.24) is 9.97 Å². The number of benzene rings is 1. The molecule has 1 heterocycles. The van der Waals surface area contributed by atoms with Crippen molar-refractivity contribution in [3.63, 3.8) is 0 Å². The molecule has 0 atom stereocenters.